The second-order valence-corrected chi connectivity index (χ2v) is 5.50. The van der Waals surface area contributed by atoms with E-state index in [0.717, 1.165) is 6.07 Å². The third-order valence-electron chi connectivity index (χ3n) is 3.97. The Balaban J connectivity index is 2.30. The molecule has 9 heteroatoms. The molecule has 22 heavy (non-hydrogen) atoms. The van der Waals surface area contributed by atoms with Crippen LogP contribution in [0.1, 0.15) is 25.5 Å². The average Bonchev–Trinajstić information content (AvgIpc) is 2.45. The summed E-state index contributed by atoms with van der Waals surface area (Å²) in [5, 5.41) is 11.0. The number of anilines is 1. The molecular formula is C13H17F3N4O2. The number of nitrogens with zero attached hydrogens (tertiary/aromatic N) is 3. The van der Waals surface area contributed by atoms with Crippen molar-refractivity contribution >= 4 is 11.4 Å². The summed E-state index contributed by atoms with van der Waals surface area (Å²) in [7, 11) is 0. The molecule has 0 radical (unpaired) electrons. The second-order valence-electron chi connectivity index (χ2n) is 5.50. The van der Waals surface area contributed by atoms with Gasteiger partial charge in [0.2, 0.25) is 0 Å². The molecule has 1 aliphatic heterocycles. The van der Waals surface area contributed by atoms with Crippen molar-refractivity contribution in [2.24, 2.45) is 11.7 Å². The van der Waals surface area contributed by atoms with E-state index in [1.807, 2.05) is 6.92 Å². The largest absolute Gasteiger partial charge is 0.433 e. The summed E-state index contributed by atoms with van der Waals surface area (Å²) < 4.78 is 38.3. The molecule has 1 atom stereocenters. The highest BCUT2D eigenvalue weighted by Gasteiger charge is 2.36. The van der Waals surface area contributed by atoms with E-state index in [1.165, 1.54) is 0 Å². The van der Waals surface area contributed by atoms with Crippen LogP contribution < -0.4 is 10.6 Å². The first-order chi connectivity index (χ1) is 10.2. The fraction of sp³-hybridized carbons (Fsp3) is 0.615. The van der Waals surface area contributed by atoms with Gasteiger partial charge in [-0.25, -0.2) is 4.98 Å². The molecule has 2 rings (SSSR count). The van der Waals surface area contributed by atoms with Crippen LogP contribution in [0.25, 0.3) is 0 Å². The second kappa shape index (κ2) is 6.07. The Morgan fingerprint density at radius 3 is 2.50 bits per heavy atom. The van der Waals surface area contributed by atoms with E-state index in [4.69, 9.17) is 5.73 Å². The number of nitro groups is 1. The van der Waals surface area contributed by atoms with Gasteiger partial charge in [0.05, 0.1) is 4.92 Å². The summed E-state index contributed by atoms with van der Waals surface area (Å²) in [6.07, 6.45) is -2.57. The quantitative estimate of drug-likeness (QED) is 0.684. The zero-order valence-corrected chi connectivity index (χ0v) is 12.0. The lowest BCUT2D eigenvalue weighted by Gasteiger charge is -2.34. The number of alkyl halides is 3. The molecule has 0 saturated carbocycles. The van der Waals surface area contributed by atoms with Gasteiger partial charge in [-0.05, 0) is 31.7 Å². The van der Waals surface area contributed by atoms with Crippen LogP contribution in [0.4, 0.5) is 24.5 Å². The van der Waals surface area contributed by atoms with E-state index in [1.54, 1.807) is 4.90 Å². The number of rotatable bonds is 3. The van der Waals surface area contributed by atoms with Gasteiger partial charge < -0.3 is 10.6 Å². The molecule has 2 N–H and O–H groups in total. The highest BCUT2D eigenvalue weighted by molar-refractivity contribution is 5.63. The van der Waals surface area contributed by atoms with Crippen LogP contribution in [0, 0.1) is 16.0 Å². The van der Waals surface area contributed by atoms with Crippen molar-refractivity contribution in [1.29, 1.82) is 0 Å². The Labute approximate surface area is 125 Å². The Morgan fingerprint density at radius 1 is 1.45 bits per heavy atom. The molecule has 1 fully saturated rings. The lowest BCUT2D eigenvalue weighted by molar-refractivity contribution is -0.384. The van der Waals surface area contributed by atoms with Crippen LogP contribution in [0.2, 0.25) is 0 Å². The molecule has 1 unspecified atom stereocenters. The van der Waals surface area contributed by atoms with Crippen LogP contribution in [0.5, 0.6) is 0 Å². The summed E-state index contributed by atoms with van der Waals surface area (Å²) in [6, 6.07) is 0.755. The molecule has 122 valence electrons. The molecule has 1 aromatic rings. The SMILES string of the molecule is CC(N)C1CCN(c2cc(C(F)(F)F)ncc2[N+](=O)[O-])CC1. The molecule has 1 aromatic heterocycles. The van der Waals surface area contributed by atoms with Crippen molar-refractivity contribution in [3.05, 3.63) is 28.1 Å². The lowest BCUT2D eigenvalue weighted by Crippen LogP contribution is -2.40. The molecular weight excluding hydrogens is 301 g/mol. The van der Waals surface area contributed by atoms with E-state index in [0.29, 0.717) is 32.1 Å². The summed E-state index contributed by atoms with van der Waals surface area (Å²) in [4.78, 5) is 15.1. The van der Waals surface area contributed by atoms with Crippen molar-refractivity contribution in [3.8, 4) is 0 Å². The first-order valence-corrected chi connectivity index (χ1v) is 6.92. The predicted molar refractivity (Wildman–Crippen MR) is 74.5 cm³/mol. The van der Waals surface area contributed by atoms with Gasteiger partial charge in [0.1, 0.15) is 17.6 Å². The molecule has 2 heterocycles. The maximum atomic E-state index is 12.8. The summed E-state index contributed by atoms with van der Waals surface area (Å²) >= 11 is 0. The molecule has 1 aliphatic rings. The minimum absolute atomic E-state index is 0.000289. The first-order valence-electron chi connectivity index (χ1n) is 6.92. The summed E-state index contributed by atoms with van der Waals surface area (Å²) in [6.45, 7) is 2.76. The number of pyridine rings is 1. The molecule has 0 bridgehead atoms. The van der Waals surface area contributed by atoms with Gasteiger partial charge in [-0.1, -0.05) is 0 Å². The highest BCUT2D eigenvalue weighted by Crippen LogP contribution is 2.36. The van der Waals surface area contributed by atoms with Gasteiger partial charge in [0.25, 0.3) is 0 Å². The highest BCUT2D eigenvalue weighted by atomic mass is 19.4. The van der Waals surface area contributed by atoms with E-state index in [9.17, 15) is 23.3 Å². The van der Waals surface area contributed by atoms with E-state index in [2.05, 4.69) is 4.98 Å². The van der Waals surface area contributed by atoms with Crippen molar-refractivity contribution in [1.82, 2.24) is 4.98 Å². The van der Waals surface area contributed by atoms with Crippen LogP contribution in [-0.2, 0) is 6.18 Å². The number of halogens is 3. The molecule has 0 amide bonds. The van der Waals surface area contributed by atoms with E-state index >= 15 is 0 Å². The van der Waals surface area contributed by atoms with Gasteiger partial charge in [0.15, 0.2) is 0 Å². The Kier molecular flexibility index (Phi) is 4.55. The monoisotopic (exact) mass is 318 g/mol. The summed E-state index contributed by atoms with van der Waals surface area (Å²) in [5.74, 6) is 0.277. The summed E-state index contributed by atoms with van der Waals surface area (Å²) in [5.41, 5.74) is 4.26. The minimum atomic E-state index is -4.63. The number of hydrogen-bond donors (Lipinski definition) is 1. The average molecular weight is 318 g/mol. The number of piperidine rings is 1. The Bertz CT molecular complexity index is 555. The van der Waals surface area contributed by atoms with E-state index in [-0.39, 0.29) is 17.6 Å². The maximum Gasteiger partial charge on any atom is 0.433 e. The van der Waals surface area contributed by atoms with Gasteiger partial charge in [-0.15, -0.1) is 0 Å². The van der Waals surface area contributed by atoms with Gasteiger partial charge >= 0.3 is 11.9 Å². The van der Waals surface area contributed by atoms with Crippen LogP contribution >= 0.6 is 0 Å². The fourth-order valence-corrected chi connectivity index (χ4v) is 2.65. The minimum Gasteiger partial charge on any atom is -0.366 e. The number of nitrogens with two attached hydrogens (primary N) is 1. The molecule has 0 aromatic carbocycles. The molecule has 0 aliphatic carbocycles. The molecule has 1 saturated heterocycles. The van der Waals surface area contributed by atoms with Gasteiger partial charge in [-0.2, -0.15) is 13.2 Å². The third kappa shape index (κ3) is 3.46. The van der Waals surface area contributed by atoms with Crippen molar-refractivity contribution in [3.63, 3.8) is 0 Å². The maximum absolute atomic E-state index is 12.8. The zero-order valence-electron chi connectivity index (χ0n) is 12.0. The fourth-order valence-electron chi connectivity index (χ4n) is 2.65. The Morgan fingerprint density at radius 2 is 2.05 bits per heavy atom. The lowest BCUT2D eigenvalue weighted by atomic mass is 9.90. The number of hydrogen-bond acceptors (Lipinski definition) is 5. The van der Waals surface area contributed by atoms with Gasteiger partial charge in [0, 0.05) is 19.1 Å². The Hall–Kier alpha value is -1.90. The first kappa shape index (κ1) is 16.5. The van der Waals surface area contributed by atoms with Crippen LogP contribution in [0.3, 0.4) is 0 Å². The van der Waals surface area contributed by atoms with Crippen LogP contribution in [-0.4, -0.2) is 29.0 Å². The standard InChI is InChI=1S/C13H17F3N4O2/c1-8(17)9-2-4-19(5-3-9)10-6-12(13(14,15)16)18-7-11(10)20(21)22/h6-9H,2-5,17H2,1H3. The number of aromatic nitrogens is 1. The van der Waals surface area contributed by atoms with Crippen LogP contribution in [0.15, 0.2) is 12.3 Å². The molecule has 6 nitrogen and oxygen atoms in total. The third-order valence-corrected chi connectivity index (χ3v) is 3.97. The van der Waals surface area contributed by atoms with Crippen molar-refractivity contribution in [2.75, 3.05) is 18.0 Å². The zero-order chi connectivity index (χ0) is 16.5. The van der Waals surface area contributed by atoms with E-state index < -0.39 is 22.5 Å². The van der Waals surface area contributed by atoms with Crippen molar-refractivity contribution < 1.29 is 18.1 Å². The van der Waals surface area contributed by atoms with Gasteiger partial charge in [-0.3, -0.25) is 10.1 Å². The predicted octanol–water partition coefficient (Wildman–Crippen LogP) is 2.57. The topological polar surface area (TPSA) is 85.3 Å². The molecule has 0 spiro atoms. The van der Waals surface area contributed by atoms with Crippen molar-refractivity contribution in [2.45, 2.75) is 32.0 Å². The smallest absolute Gasteiger partial charge is 0.366 e. The normalized spacial score (nSPS) is 18.3.